The highest BCUT2D eigenvalue weighted by Crippen LogP contribution is 2.17. The van der Waals surface area contributed by atoms with Crippen molar-refractivity contribution in [1.82, 2.24) is 0 Å². The molecular weight excluding hydrogens is 536 g/mol. The Balaban J connectivity index is 3.27. The quantitative estimate of drug-likeness (QED) is 0.0346. The Morgan fingerprint density at radius 1 is 0.500 bits per heavy atom. The molecule has 1 aromatic carbocycles. The zero-order valence-electron chi connectivity index (χ0n) is 26.0. The molecule has 0 saturated heterocycles. The lowest BCUT2D eigenvalue weighted by atomic mass is 10.1. The predicted octanol–water partition coefficient (Wildman–Crippen LogP) is 7.39. The van der Waals surface area contributed by atoms with E-state index in [2.05, 4.69) is 0 Å². The fourth-order valence-electron chi connectivity index (χ4n) is 3.85. The molecule has 234 valence electrons. The van der Waals surface area contributed by atoms with Gasteiger partial charge in [-0.05, 0) is 55.0 Å². The normalized spacial score (nSPS) is 10.4. The van der Waals surface area contributed by atoms with Gasteiger partial charge in [0.2, 0.25) is 0 Å². The third-order valence-corrected chi connectivity index (χ3v) is 6.34. The summed E-state index contributed by atoms with van der Waals surface area (Å²) in [6.07, 6.45) is 13.2. The maximum atomic E-state index is 12.9. The molecule has 0 unspecified atom stereocenters. The second-order valence-electron chi connectivity index (χ2n) is 10.2. The summed E-state index contributed by atoms with van der Waals surface area (Å²) in [5, 5.41) is 0. The van der Waals surface area contributed by atoms with E-state index < -0.39 is 23.9 Å². The first-order chi connectivity index (χ1) is 20.4. The van der Waals surface area contributed by atoms with E-state index in [1.165, 1.54) is 12.2 Å². The van der Waals surface area contributed by atoms with Gasteiger partial charge < -0.3 is 18.9 Å². The van der Waals surface area contributed by atoms with E-state index in [9.17, 15) is 19.2 Å². The van der Waals surface area contributed by atoms with Crippen LogP contribution in [0.5, 0.6) is 0 Å². The molecule has 0 aliphatic rings. The van der Waals surface area contributed by atoms with Crippen LogP contribution in [0, 0.1) is 0 Å². The van der Waals surface area contributed by atoms with Crippen molar-refractivity contribution in [3.63, 3.8) is 0 Å². The molecule has 0 amide bonds. The van der Waals surface area contributed by atoms with E-state index in [-0.39, 0.29) is 37.6 Å². The Labute approximate surface area is 251 Å². The Kier molecular flexibility index (Phi) is 20.2. The lowest BCUT2D eigenvalue weighted by molar-refractivity contribution is -0.148. The van der Waals surface area contributed by atoms with Gasteiger partial charge in [0, 0.05) is 0 Å². The summed E-state index contributed by atoms with van der Waals surface area (Å²) in [7, 11) is 0. The van der Waals surface area contributed by atoms with Gasteiger partial charge >= 0.3 is 23.9 Å². The summed E-state index contributed by atoms with van der Waals surface area (Å²) in [6, 6.07) is 6.77. The minimum atomic E-state index is -0.750. The van der Waals surface area contributed by atoms with Crippen molar-refractivity contribution < 1.29 is 38.1 Å². The van der Waals surface area contributed by atoms with E-state index in [4.69, 9.17) is 18.9 Å². The minimum absolute atomic E-state index is 0.208. The standard InChI is InChI=1S/C34H50O8/c1-5-9-13-20-39-31(35)29(32(36)40-21-14-10-6-2)25-27-18-17-19-28(24-27)26-30(33(37)41-22-15-11-7-3)34(38)42-23-16-12-8-4/h17-19,24-26H,5-16,20-23H2,1-4H3. The molecule has 8 heteroatoms. The fourth-order valence-corrected chi connectivity index (χ4v) is 3.85. The molecule has 0 radical (unpaired) electrons. The maximum Gasteiger partial charge on any atom is 0.345 e. The Morgan fingerprint density at radius 3 is 1.05 bits per heavy atom. The number of hydrogen-bond acceptors (Lipinski definition) is 8. The predicted molar refractivity (Wildman–Crippen MR) is 164 cm³/mol. The Hall–Kier alpha value is -3.42. The molecule has 0 atom stereocenters. The Morgan fingerprint density at radius 2 is 0.786 bits per heavy atom. The van der Waals surface area contributed by atoms with E-state index in [0.29, 0.717) is 36.8 Å². The monoisotopic (exact) mass is 586 g/mol. The molecule has 0 bridgehead atoms. The average molecular weight is 587 g/mol. The zero-order valence-corrected chi connectivity index (χ0v) is 26.0. The molecule has 0 heterocycles. The van der Waals surface area contributed by atoms with E-state index in [1.807, 2.05) is 27.7 Å². The number of rotatable bonds is 22. The van der Waals surface area contributed by atoms with E-state index >= 15 is 0 Å². The maximum absolute atomic E-state index is 12.9. The highest BCUT2D eigenvalue weighted by atomic mass is 16.6. The molecule has 0 spiro atoms. The van der Waals surface area contributed by atoms with Crippen molar-refractivity contribution in [2.24, 2.45) is 0 Å². The largest absolute Gasteiger partial charge is 0.462 e. The van der Waals surface area contributed by atoms with Crippen LogP contribution < -0.4 is 0 Å². The molecule has 0 N–H and O–H groups in total. The van der Waals surface area contributed by atoms with Crippen molar-refractivity contribution in [2.45, 2.75) is 105 Å². The summed E-state index contributed by atoms with van der Waals surface area (Å²) in [5.74, 6) is -3.00. The summed E-state index contributed by atoms with van der Waals surface area (Å²) in [6.45, 7) is 9.02. The Bertz CT molecular complexity index is 895. The molecule has 1 aromatic rings. The van der Waals surface area contributed by atoms with Gasteiger partial charge in [-0.1, -0.05) is 97.3 Å². The topological polar surface area (TPSA) is 105 Å². The van der Waals surface area contributed by atoms with Crippen LogP contribution >= 0.6 is 0 Å². The van der Waals surface area contributed by atoms with Crippen LogP contribution in [0.25, 0.3) is 12.2 Å². The second kappa shape index (κ2) is 23.2. The van der Waals surface area contributed by atoms with Crippen LogP contribution in [-0.2, 0) is 38.1 Å². The summed E-state index contributed by atoms with van der Waals surface area (Å²) in [4.78, 5) is 51.4. The summed E-state index contributed by atoms with van der Waals surface area (Å²) in [5.41, 5.74) is 0.577. The van der Waals surface area contributed by atoms with Crippen LogP contribution in [-0.4, -0.2) is 50.3 Å². The van der Waals surface area contributed by atoms with Crippen LogP contribution in [0.15, 0.2) is 35.4 Å². The van der Waals surface area contributed by atoms with Gasteiger partial charge in [0.15, 0.2) is 0 Å². The van der Waals surface area contributed by atoms with Crippen molar-refractivity contribution in [2.75, 3.05) is 26.4 Å². The van der Waals surface area contributed by atoms with Crippen molar-refractivity contribution in [3.8, 4) is 0 Å². The van der Waals surface area contributed by atoms with Gasteiger partial charge in [-0.25, -0.2) is 19.2 Å². The zero-order chi connectivity index (χ0) is 31.0. The number of hydrogen-bond donors (Lipinski definition) is 0. The molecule has 1 rings (SSSR count). The first kappa shape index (κ1) is 36.6. The number of carbonyl (C=O) groups excluding carboxylic acids is 4. The smallest absolute Gasteiger partial charge is 0.345 e. The first-order valence-electron chi connectivity index (χ1n) is 15.6. The van der Waals surface area contributed by atoms with Gasteiger partial charge in [0.25, 0.3) is 0 Å². The van der Waals surface area contributed by atoms with Crippen LogP contribution in [0.1, 0.15) is 116 Å². The molecule has 8 nitrogen and oxygen atoms in total. The highest BCUT2D eigenvalue weighted by molar-refractivity contribution is 6.18. The lowest BCUT2D eigenvalue weighted by Crippen LogP contribution is -2.19. The van der Waals surface area contributed by atoms with E-state index in [1.54, 1.807) is 24.3 Å². The molecule has 0 aromatic heterocycles. The molecular formula is C34H50O8. The van der Waals surface area contributed by atoms with Crippen molar-refractivity contribution in [1.29, 1.82) is 0 Å². The molecule has 42 heavy (non-hydrogen) atoms. The van der Waals surface area contributed by atoms with Gasteiger partial charge in [-0.3, -0.25) is 0 Å². The number of ether oxygens (including phenoxy) is 4. The molecule has 0 aliphatic heterocycles. The average Bonchev–Trinajstić information content (AvgIpc) is 2.99. The second-order valence-corrected chi connectivity index (χ2v) is 10.2. The van der Waals surface area contributed by atoms with Crippen molar-refractivity contribution >= 4 is 36.0 Å². The van der Waals surface area contributed by atoms with Crippen LogP contribution in [0.2, 0.25) is 0 Å². The number of esters is 4. The number of unbranched alkanes of at least 4 members (excludes halogenated alkanes) is 8. The highest BCUT2D eigenvalue weighted by Gasteiger charge is 2.23. The van der Waals surface area contributed by atoms with Gasteiger partial charge in [0.05, 0.1) is 26.4 Å². The number of benzene rings is 1. The lowest BCUT2D eigenvalue weighted by Gasteiger charge is -2.10. The third-order valence-electron chi connectivity index (χ3n) is 6.34. The SMILES string of the molecule is CCCCCOC(=O)C(=Cc1cccc(C=C(C(=O)OCCCCC)C(=O)OCCCCC)c1)C(=O)OCCCCC. The van der Waals surface area contributed by atoms with Gasteiger partial charge in [0.1, 0.15) is 11.1 Å². The van der Waals surface area contributed by atoms with E-state index in [0.717, 1.165) is 51.4 Å². The molecule has 0 aliphatic carbocycles. The van der Waals surface area contributed by atoms with Crippen molar-refractivity contribution in [3.05, 3.63) is 46.5 Å². The van der Waals surface area contributed by atoms with Crippen LogP contribution in [0.4, 0.5) is 0 Å². The first-order valence-corrected chi connectivity index (χ1v) is 15.6. The molecule has 0 fully saturated rings. The fraction of sp³-hybridized carbons (Fsp3) is 0.588. The van der Waals surface area contributed by atoms with Gasteiger partial charge in [-0.15, -0.1) is 0 Å². The summed E-state index contributed by atoms with van der Waals surface area (Å²) >= 11 is 0. The number of carbonyl (C=O) groups is 4. The minimum Gasteiger partial charge on any atom is -0.462 e. The third kappa shape index (κ3) is 15.5. The van der Waals surface area contributed by atoms with Gasteiger partial charge in [-0.2, -0.15) is 0 Å². The summed E-state index contributed by atoms with van der Waals surface area (Å²) < 4.78 is 21.4. The van der Waals surface area contributed by atoms with Crippen LogP contribution in [0.3, 0.4) is 0 Å². The molecule has 0 saturated carbocycles.